The number of nitrogens with zero attached hydrogens (tertiary/aromatic N) is 4. The highest BCUT2D eigenvalue weighted by Gasteiger charge is 2.42. The number of rotatable bonds is 8. The molecule has 0 amide bonds. The van der Waals surface area contributed by atoms with Gasteiger partial charge in [-0.05, 0) is 80.4 Å². The number of pyridine rings is 1. The molecular weight excluding hydrogens is 511 g/mol. The predicted molar refractivity (Wildman–Crippen MR) is 138 cm³/mol. The Labute approximate surface area is 219 Å². The van der Waals surface area contributed by atoms with Gasteiger partial charge < -0.3 is 9.84 Å². The van der Waals surface area contributed by atoms with Crippen molar-refractivity contribution in [3.05, 3.63) is 84.1 Å². The number of sulfonamides is 1. The number of carboxylic acid groups (broad SMARTS) is 1. The molecule has 38 heavy (non-hydrogen) atoms. The molecule has 1 fully saturated rings. The van der Waals surface area contributed by atoms with Crippen LogP contribution in [-0.2, 0) is 21.2 Å². The number of carbonyl (C=O) groups is 1. The molecule has 0 bridgehead atoms. The molecule has 0 radical (unpaired) electrons. The molecule has 0 spiro atoms. The average molecular weight is 539 g/mol. The summed E-state index contributed by atoms with van der Waals surface area (Å²) >= 11 is 0. The first-order valence-corrected chi connectivity index (χ1v) is 13.6. The number of aliphatic carboxylic acids is 1. The van der Waals surface area contributed by atoms with Gasteiger partial charge in [0.1, 0.15) is 11.6 Å². The van der Waals surface area contributed by atoms with Crippen LogP contribution in [0.3, 0.4) is 0 Å². The number of carboxylic acids is 1. The van der Waals surface area contributed by atoms with E-state index in [1.54, 1.807) is 41.3 Å². The average Bonchev–Trinajstić information content (AvgIpc) is 3.47. The highest BCUT2D eigenvalue weighted by Crippen LogP contribution is 2.42. The Balaban J connectivity index is 1.56. The van der Waals surface area contributed by atoms with E-state index in [0.29, 0.717) is 28.8 Å². The lowest BCUT2D eigenvalue weighted by Crippen LogP contribution is -2.31. The van der Waals surface area contributed by atoms with Gasteiger partial charge in [-0.25, -0.2) is 12.8 Å². The second-order valence-corrected chi connectivity index (χ2v) is 11.4. The van der Waals surface area contributed by atoms with E-state index < -0.39 is 33.9 Å². The van der Waals surface area contributed by atoms with Crippen molar-refractivity contribution in [2.45, 2.75) is 49.8 Å². The van der Waals surface area contributed by atoms with Gasteiger partial charge in [0.05, 0.1) is 40.7 Å². The second-order valence-electron chi connectivity index (χ2n) is 9.52. The van der Waals surface area contributed by atoms with E-state index in [1.165, 1.54) is 34.6 Å². The van der Waals surface area contributed by atoms with Crippen LogP contribution < -0.4 is 4.74 Å². The largest absolute Gasteiger partial charge is 0.491 e. The molecule has 2 aromatic heterocycles. The van der Waals surface area contributed by atoms with Crippen molar-refractivity contribution in [1.29, 1.82) is 0 Å². The standard InChI is InChI=1S/C27H27FN4O5S/c1-17(2)37-21-4-6-22(7-5-21)38(35,36)31-16-20(14-25(31)18-9-11-29-12-10-18)32-26-13-19(28)3-8-23(26)24(30-32)15-27(33)34/h3-13,17,20,25H,14-16H2,1-2H3,(H,33,34)/t20-,25-/m1/s1. The molecule has 1 aliphatic rings. The summed E-state index contributed by atoms with van der Waals surface area (Å²) in [4.78, 5) is 15.6. The maximum absolute atomic E-state index is 14.2. The van der Waals surface area contributed by atoms with Gasteiger partial charge in [-0.15, -0.1) is 0 Å². The van der Waals surface area contributed by atoms with Crippen LogP contribution in [0.25, 0.3) is 10.9 Å². The molecule has 9 nitrogen and oxygen atoms in total. The summed E-state index contributed by atoms with van der Waals surface area (Å²) in [5.41, 5.74) is 1.49. The lowest BCUT2D eigenvalue weighted by atomic mass is 10.1. The normalized spacial score (nSPS) is 18.3. The van der Waals surface area contributed by atoms with Crippen LogP contribution >= 0.6 is 0 Å². The SMILES string of the molecule is CC(C)Oc1ccc(S(=O)(=O)N2C[C@H](n3nc(CC(=O)O)c4ccc(F)cc43)C[C@@H]2c2ccncc2)cc1. The van der Waals surface area contributed by atoms with Crippen LogP contribution in [0.2, 0.25) is 0 Å². The number of aromatic nitrogens is 3. The number of halogens is 1. The molecule has 0 aliphatic carbocycles. The van der Waals surface area contributed by atoms with Crippen molar-refractivity contribution in [1.82, 2.24) is 19.1 Å². The third-order valence-electron chi connectivity index (χ3n) is 6.54. The van der Waals surface area contributed by atoms with E-state index in [1.807, 2.05) is 13.8 Å². The Morgan fingerprint density at radius 1 is 1.13 bits per heavy atom. The highest BCUT2D eigenvalue weighted by molar-refractivity contribution is 7.89. The fraction of sp³-hybridized carbons (Fsp3) is 0.296. The topological polar surface area (TPSA) is 115 Å². The van der Waals surface area contributed by atoms with Crippen molar-refractivity contribution >= 4 is 26.9 Å². The molecule has 2 atom stereocenters. The van der Waals surface area contributed by atoms with Crippen LogP contribution in [0.1, 0.15) is 43.6 Å². The molecule has 3 heterocycles. The Kier molecular flexibility index (Phi) is 6.89. The smallest absolute Gasteiger partial charge is 0.309 e. The predicted octanol–water partition coefficient (Wildman–Crippen LogP) is 4.36. The van der Waals surface area contributed by atoms with E-state index in [9.17, 15) is 22.7 Å². The maximum atomic E-state index is 14.2. The van der Waals surface area contributed by atoms with Crippen LogP contribution in [0.4, 0.5) is 4.39 Å². The van der Waals surface area contributed by atoms with Crippen molar-refractivity contribution in [3.63, 3.8) is 0 Å². The van der Waals surface area contributed by atoms with Gasteiger partial charge in [0, 0.05) is 24.3 Å². The minimum atomic E-state index is -3.95. The molecule has 0 unspecified atom stereocenters. The number of benzene rings is 2. The third kappa shape index (κ3) is 4.99. The first-order valence-electron chi connectivity index (χ1n) is 12.2. The van der Waals surface area contributed by atoms with Gasteiger partial charge in [0.2, 0.25) is 10.0 Å². The van der Waals surface area contributed by atoms with Crippen LogP contribution in [0, 0.1) is 5.82 Å². The minimum absolute atomic E-state index is 0.0485. The minimum Gasteiger partial charge on any atom is -0.491 e. The Bertz CT molecular complexity index is 1570. The van der Waals surface area contributed by atoms with E-state index in [0.717, 1.165) is 5.56 Å². The summed E-state index contributed by atoms with van der Waals surface area (Å²) < 4.78 is 50.7. The molecular formula is C27H27FN4O5S. The van der Waals surface area contributed by atoms with E-state index >= 15 is 0 Å². The Morgan fingerprint density at radius 2 is 1.84 bits per heavy atom. The van der Waals surface area contributed by atoms with Crippen LogP contribution in [0.15, 0.2) is 71.9 Å². The summed E-state index contributed by atoms with van der Waals surface area (Å²) in [5, 5.41) is 14.4. The Hall–Kier alpha value is -3.83. The quantitative estimate of drug-likeness (QED) is 0.354. The highest BCUT2D eigenvalue weighted by atomic mass is 32.2. The molecule has 5 rings (SSSR count). The lowest BCUT2D eigenvalue weighted by Gasteiger charge is -2.24. The zero-order valence-corrected chi connectivity index (χ0v) is 21.7. The summed E-state index contributed by atoms with van der Waals surface area (Å²) in [5.74, 6) is -0.978. The number of fused-ring (bicyclic) bond motifs is 1. The maximum Gasteiger partial charge on any atom is 0.309 e. The fourth-order valence-electron chi connectivity index (χ4n) is 4.94. The molecule has 0 saturated carbocycles. The zero-order chi connectivity index (χ0) is 27.0. The fourth-order valence-corrected chi connectivity index (χ4v) is 6.60. The van der Waals surface area contributed by atoms with Gasteiger partial charge in [-0.3, -0.25) is 14.5 Å². The summed E-state index contributed by atoms with van der Waals surface area (Å²) in [6, 6.07) is 12.9. The lowest BCUT2D eigenvalue weighted by molar-refractivity contribution is -0.136. The molecule has 2 aromatic carbocycles. The van der Waals surface area contributed by atoms with Crippen molar-refractivity contribution in [3.8, 4) is 5.75 Å². The first-order chi connectivity index (χ1) is 18.1. The van der Waals surface area contributed by atoms with Crippen molar-refractivity contribution in [2.24, 2.45) is 0 Å². The van der Waals surface area contributed by atoms with E-state index in [2.05, 4.69) is 10.1 Å². The van der Waals surface area contributed by atoms with Gasteiger partial charge in [-0.1, -0.05) is 0 Å². The molecule has 1 N–H and O–H groups in total. The van der Waals surface area contributed by atoms with Crippen molar-refractivity contribution < 1.29 is 27.4 Å². The molecule has 11 heteroatoms. The molecule has 1 aliphatic heterocycles. The van der Waals surface area contributed by atoms with Gasteiger partial charge in [0.15, 0.2) is 0 Å². The Morgan fingerprint density at radius 3 is 2.50 bits per heavy atom. The van der Waals surface area contributed by atoms with Gasteiger partial charge in [-0.2, -0.15) is 9.40 Å². The molecule has 198 valence electrons. The monoisotopic (exact) mass is 538 g/mol. The van der Waals surface area contributed by atoms with Gasteiger partial charge >= 0.3 is 5.97 Å². The number of hydrogen-bond donors (Lipinski definition) is 1. The van der Waals surface area contributed by atoms with Gasteiger partial charge in [0.25, 0.3) is 0 Å². The molecule has 1 saturated heterocycles. The number of hydrogen-bond acceptors (Lipinski definition) is 6. The third-order valence-corrected chi connectivity index (χ3v) is 8.43. The van der Waals surface area contributed by atoms with E-state index in [-0.39, 0.29) is 24.0 Å². The van der Waals surface area contributed by atoms with Crippen molar-refractivity contribution in [2.75, 3.05) is 6.54 Å². The van der Waals surface area contributed by atoms with Crippen LogP contribution in [0.5, 0.6) is 5.75 Å². The molecule has 4 aromatic rings. The number of ether oxygens (including phenoxy) is 1. The van der Waals surface area contributed by atoms with E-state index in [4.69, 9.17) is 4.74 Å². The second kappa shape index (κ2) is 10.1. The summed E-state index contributed by atoms with van der Waals surface area (Å²) in [6.07, 6.45) is 3.19. The summed E-state index contributed by atoms with van der Waals surface area (Å²) in [6.45, 7) is 3.85. The first kappa shape index (κ1) is 25.8. The summed E-state index contributed by atoms with van der Waals surface area (Å²) in [7, 11) is -3.95. The van der Waals surface area contributed by atoms with Crippen LogP contribution in [-0.4, -0.2) is 51.2 Å². The zero-order valence-electron chi connectivity index (χ0n) is 20.9.